The first-order valence-electron chi connectivity index (χ1n) is 6.97. The van der Waals surface area contributed by atoms with Crippen LogP contribution in [0.25, 0.3) is 0 Å². The minimum absolute atomic E-state index is 0.100. The van der Waals surface area contributed by atoms with Gasteiger partial charge in [-0.3, -0.25) is 4.79 Å². The van der Waals surface area contributed by atoms with Gasteiger partial charge in [0.2, 0.25) is 0 Å². The second kappa shape index (κ2) is 8.29. The Balaban J connectivity index is 1.86. The molecule has 0 aliphatic heterocycles. The van der Waals surface area contributed by atoms with Gasteiger partial charge in [-0.2, -0.15) is 0 Å². The smallest absolute Gasteiger partial charge is 0.258 e. The molecule has 0 heterocycles. The highest BCUT2D eigenvalue weighted by Crippen LogP contribution is 2.27. The van der Waals surface area contributed by atoms with Gasteiger partial charge in [-0.25, -0.2) is 0 Å². The van der Waals surface area contributed by atoms with Crippen molar-refractivity contribution in [2.45, 2.75) is 6.54 Å². The van der Waals surface area contributed by atoms with Gasteiger partial charge in [0.25, 0.3) is 5.91 Å². The molecule has 0 unspecified atom stereocenters. The highest BCUT2D eigenvalue weighted by Gasteiger charge is 2.06. The zero-order chi connectivity index (χ0) is 16.7. The maximum absolute atomic E-state index is 11.9. The molecule has 2 rings (SSSR count). The van der Waals surface area contributed by atoms with Crippen LogP contribution < -0.4 is 19.5 Å². The summed E-state index contributed by atoms with van der Waals surface area (Å²) in [6.45, 7) is 0.293. The molecular formula is C17H18ClNO4. The first-order chi connectivity index (χ1) is 11.1. The molecule has 6 heteroatoms. The minimum atomic E-state index is -0.230. The van der Waals surface area contributed by atoms with Crippen LogP contribution in [-0.2, 0) is 11.3 Å². The second-order valence-corrected chi connectivity index (χ2v) is 5.18. The van der Waals surface area contributed by atoms with Crippen molar-refractivity contribution in [3.63, 3.8) is 0 Å². The summed E-state index contributed by atoms with van der Waals surface area (Å²) in [5, 5.41) is 3.40. The highest BCUT2D eigenvalue weighted by molar-refractivity contribution is 6.30. The molecule has 0 aromatic heterocycles. The van der Waals surface area contributed by atoms with Crippen molar-refractivity contribution in [3.8, 4) is 17.2 Å². The SMILES string of the molecule is COc1cc(OC)cc(OCC(=O)NCc2cccc(Cl)c2)c1. The Bertz CT molecular complexity index is 653. The second-order valence-electron chi connectivity index (χ2n) is 4.74. The molecule has 1 N–H and O–H groups in total. The molecule has 23 heavy (non-hydrogen) atoms. The van der Waals surface area contributed by atoms with Gasteiger partial charge < -0.3 is 19.5 Å². The van der Waals surface area contributed by atoms with Crippen LogP contribution in [0.15, 0.2) is 42.5 Å². The summed E-state index contributed by atoms with van der Waals surface area (Å²) in [5.41, 5.74) is 0.925. The van der Waals surface area contributed by atoms with Crippen molar-refractivity contribution in [2.75, 3.05) is 20.8 Å². The van der Waals surface area contributed by atoms with E-state index in [0.29, 0.717) is 28.8 Å². The first kappa shape index (κ1) is 17.0. The van der Waals surface area contributed by atoms with Crippen molar-refractivity contribution in [1.29, 1.82) is 0 Å². The fourth-order valence-corrected chi connectivity index (χ4v) is 2.13. The summed E-state index contributed by atoms with van der Waals surface area (Å²) in [6, 6.07) is 12.4. The molecule has 1 amide bonds. The number of hydrogen-bond donors (Lipinski definition) is 1. The number of halogens is 1. The van der Waals surface area contributed by atoms with Gasteiger partial charge in [-0.1, -0.05) is 23.7 Å². The number of amides is 1. The number of benzene rings is 2. The fourth-order valence-electron chi connectivity index (χ4n) is 1.91. The van der Waals surface area contributed by atoms with E-state index in [0.717, 1.165) is 5.56 Å². The zero-order valence-electron chi connectivity index (χ0n) is 13.0. The molecule has 0 fully saturated rings. The van der Waals surface area contributed by atoms with Crippen molar-refractivity contribution < 1.29 is 19.0 Å². The van der Waals surface area contributed by atoms with Gasteiger partial charge in [0, 0.05) is 29.8 Å². The summed E-state index contributed by atoms with van der Waals surface area (Å²) in [6.07, 6.45) is 0. The van der Waals surface area contributed by atoms with Gasteiger partial charge in [0.1, 0.15) is 17.2 Å². The predicted octanol–water partition coefficient (Wildman–Crippen LogP) is 3.05. The van der Waals surface area contributed by atoms with Crippen molar-refractivity contribution in [2.24, 2.45) is 0 Å². The number of hydrogen-bond acceptors (Lipinski definition) is 4. The average Bonchev–Trinajstić information content (AvgIpc) is 2.57. The molecule has 0 bridgehead atoms. The van der Waals surface area contributed by atoms with Crippen LogP contribution in [-0.4, -0.2) is 26.7 Å². The first-order valence-corrected chi connectivity index (χ1v) is 7.35. The fraction of sp³-hybridized carbons (Fsp3) is 0.235. The summed E-state index contributed by atoms with van der Waals surface area (Å²) < 4.78 is 15.8. The molecule has 0 aliphatic rings. The number of rotatable bonds is 7. The lowest BCUT2D eigenvalue weighted by Crippen LogP contribution is -2.28. The van der Waals surface area contributed by atoms with E-state index in [-0.39, 0.29) is 12.5 Å². The lowest BCUT2D eigenvalue weighted by atomic mass is 10.2. The number of methoxy groups -OCH3 is 2. The van der Waals surface area contributed by atoms with Crippen molar-refractivity contribution >= 4 is 17.5 Å². The standard InChI is InChI=1S/C17H18ClNO4/c1-21-14-7-15(22-2)9-16(8-14)23-11-17(20)19-10-12-4-3-5-13(18)6-12/h3-9H,10-11H2,1-2H3,(H,19,20). The normalized spacial score (nSPS) is 10.0. The lowest BCUT2D eigenvalue weighted by molar-refractivity contribution is -0.123. The topological polar surface area (TPSA) is 56.8 Å². The van der Waals surface area contributed by atoms with Crippen LogP contribution in [0.4, 0.5) is 0 Å². The Kier molecular flexibility index (Phi) is 6.11. The zero-order valence-corrected chi connectivity index (χ0v) is 13.7. The highest BCUT2D eigenvalue weighted by atomic mass is 35.5. The minimum Gasteiger partial charge on any atom is -0.496 e. The van der Waals surface area contributed by atoms with Crippen LogP contribution >= 0.6 is 11.6 Å². The third kappa shape index (κ3) is 5.38. The molecular weight excluding hydrogens is 318 g/mol. The molecule has 0 atom stereocenters. The van der Waals surface area contributed by atoms with E-state index in [4.69, 9.17) is 25.8 Å². The Morgan fingerprint density at radius 2 is 1.70 bits per heavy atom. The number of carbonyl (C=O) groups is 1. The Morgan fingerprint density at radius 3 is 2.30 bits per heavy atom. The molecule has 0 saturated heterocycles. The summed E-state index contributed by atoms with van der Waals surface area (Å²) in [4.78, 5) is 11.9. The van der Waals surface area contributed by atoms with E-state index in [1.807, 2.05) is 12.1 Å². The van der Waals surface area contributed by atoms with Crippen molar-refractivity contribution in [3.05, 3.63) is 53.1 Å². The van der Waals surface area contributed by atoms with Crippen LogP contribution in [0.2, 0.25) is 5.02 Å². The van der Waals surface area contributed by atoms with E-state index in [2.05, 4.69) is 5.32 Å². The van der Waals surface area contributed by atoms with Crippen LogP contribution in [0.1, 0.15) is 5.56 Å². The van der Waals surface area contributed by atoms with E-state index < -0.39 is 0 Å². The molecule has 0 saturated carbocycles. The Hall–Kier alpha value is -2.40. The van der Waals surface area contributed by atoms with Gasteiger partial charge in [-0.15, -0.1) is 0 Å². The largest absolute Gasteiger partial charge is 0.496 e. The van der Waals surface area contributed by atoms with Crippen LogP contribution in [0, 0.1) is 0 Å². The summed E-state index contributed by atoms with van der Waals surface area (Å²) >= 11 is 5.90. The molecule has 0 radical (unpaired) electrons. The maximum Gasteiger partial charge on any atom is 0.258 e. The van der Waals surface area contributed by atoms with Gasteiger partial charge >= 0.3 is 0 Å². The third-order valence-corrected chi connectivity index (χ3v) is 3.31. The van der Waals surface area contributed by atoms with Gasteiger partial charge in [-0.05, 0) is 17.7 Å². The monoisotopic (exact) mass is 335 g/mol. The van der Waals surface area contributed by atoms with Gasteiger partial charge in [0.15, 0.2) is 6.61 Å². The van der Waals surface area contributed by atoms with Crippen LogP contribution in [0.3, 0.4) is 0 Å². The molecule has 2 aromatic carbocycles. The Morgan fingerprint density at radius 1 is 1.04 bits per heavy atom. The molecule has 2 aromatic rings. The van der Waals surface area contributed by atoms with Crippen molar-refractivity contribution in [1.82, 2.24) is 5.32 Å². The number of carbonyl (C=O) groups excluding carboxylic acids is 1. The average molecular weight is 336 g/mol. The van der Waals surface area contributed by atoms with E-state index in [1.165, 1.54) is 0 Å². The van der Waals surface area contributed by atoms with E-state index in [1.54, 1.807) is 44.6 Å². The number of nitrogens with one attached hydrogen (secondary N) is 1. The predicted molar refractivity (Wildman–Crippen MR) is 88.3 cm³/mol. The summed E-state index contributed by atoms with van der Waals surface area (Å²) in [5.74, 6) is 1.46. The molecule has 0 aliphatic carbocycles. The van der Waals surface area contributed by atoms with Crippen LogP contribution in [0.5, 0.6) is 17.2 Å². The third-order valence-electron chi connectivity index (χ3n) is 3.07. The molecule has 122 valence electrons. The molecule has 5 nitrogen and oxygen atoms in total. The van der Waals surface area contributed by atoms with E-state index in [9.17, 15) is 4.79 Å². The van der Waals surface area contributed by atoms with E-state index >= 15 is 0 Å². The number of ether oxygens (including phenoxy) is 3. The Labute approximate surface area is 140 Å². The summed E-state index contributed by atoms with van der Waals surface area (Å²) in [7, 11) is 3.10. The maximum atomic E-state index is 11.9. The lowest BCUT2D eigenvalue weighted by Gasteiger charge is -2.10. The van der Waals surface area contributed by atoms with Gasteiger partial charge in [0.05, 0.1) is 14.2 Å². The molecule has 0 spiro atoms. The quantitative estimate of drug-likeness (QED) is 0.845.